The van der Waals surface area contributed by atoms with E-state index < -0.39 is 24.0 Å². The van der Waals surface area contributed by atoms with Gasteiger partial charge in [0.15, 0.2) is 6.10 Å². The van der Waals surface area contributed by atoms with Crippen molar-refractivity contribution in [1.82, 2.24) is 0 Å². The van der Waals surface area contributed by atoms with Crippen molar-refractivity contribution in [3.8, 4) is 0 Å². The molecule has 0 aliphatic rings. The molecule has 0 saturated carbocycles. The summed E-state index contributed by atoms with van der Waals surface area (Å²) in [7, 11) is 0. The van der Waals surface area contributed by atoms with Gasteiger partial charge in [-0.15, -0.1) is 0 Å². The lowest BCUT2D eigenvalue weighted by molar-refractivity contribution is -0.159. The minimum Gasteiger partial charge on any atom is -0.464 e. The zero-order valence-electron chi connectivity index (χ0n) is 9.67. The number of carbonyl (C=O) groups is 2. The van der Waals surface area contributed by atoms with Gasteiger partial charge >= 0.3 is 5.97 Å². The van der Waals surface area contributed by atoms with E-state index in [1.54, 1.807) is 0 Å². The molecule has 2 atom stereocenters. The van der Waals surface area contributed by atoms with Gasteiger partial charge in [0.2, 0.25) is 0 Å². The summed E-state index contributed by atoms with van der Waals surface area (Å²) in [6, 6.07) is 3.31. The van der Waals surface area contributed by atoms with E-state index in [1.807, 2.05) is 0 Å². The molecule has 0 heterocycles. The number of benzene rings is 1. The molecular formula is C12H13FO5. The number of aliphatic hydroxyl groups is 2. The molecule has 0 aromatic heterocycles. The van der Waals surface area contributed by atoms with E-state index in [2.05, 4.69) is 4.74 Å². The lowest BCUT2D eigenvalue weighted by Crippen LogP contribution is -2.30. The molecule has 0 fully saturated rings. The summed E-state index contributed by atoms with van der Waals surface area (Å²) in [6.45, 7) is 1.58. The highest BCUT2D eigenvalue weighted by molar-refractivity contribution is 5.76. The Bertz CT molecular complexity index is 446. The van der Waals surface area contributed by atoms with Crippen molar-refractivity contribution in [2.75, 3.05) is 6.61 Å². The number of esters is 1. The highest BCUT2D eigenvalue weighted by Gasteiger charge is 2.28. The molecule has 0 saturated heterocycles. The molecule has 18 heavy (non-hydrogen) atoms. The second-order valence-electron chi connectivity index (χ2n) is 3.54. The van der Waals surface area contributed by atoms with Crippen LogP contribution in [0.15, 0.2) is 18.2 Å². The number of hydrogen-bond donors (Lipinski definition) is 2. The number of halogens is 1. The Morgan fingerprint density at radius 3 is 2.67 bits per heavy atom. The molecule has 1 rings (SSSR count). The monoisotopic (exact) mass is 256 g/mol. The highest BCUT2D eigenvalue weighted by atomic mass is 19.1. The van der Waals surface area contributed by atoms with Gasteiger partial charge in [-0.25, -0.2) is 9.18 Å². The topological polar surface area (TPSA) is 83.8 Å². The average Bonchev–Trinajstić information content (AvgIpc) is 2.37. The van der Waals surface area contributed by atoms with Gasteiger partial charge in [0.25, 0.3) is 0 Å². The average molecular weight is 256 g/mol. The standard InChI is InChI=1S/C12H13FO5/c1-2-18-12(17)11(16)10(15)8-4-3-7(6-14)5-9(8)13/h3-6,10-11,15-16H,2H2,1H3. The smallest absolute Gasteiger partial charge is 0.338 e. The number of ether oxygens (including phenoxy) is 1. The normalized spacial score (nSPS) is 13.8. The van der Waals surface area contributed by atoms with Gasteiger partial charge in [-0.05, 0) is 13.0 Å². The van der Waals surface area contributed by atoms with Crippen LogP contribution in [-0.4, -0.2) is 35.2 Å². The van der Waals surface area contributed by atoms with Gasteiger partial charge in [-0.3, -0.25) is 4.79 Å². The summed E-state index contributed by atoms with van der Waals surface area (Å²) in [5.74, 6) is -1.92. The molecule has 2 unspecified atom stereocenters. The van der Waals surface area contributed by atoms with Crippen LogP contribution in [0.4, 0.5) is 4.39 Å². The largest absolute Gasteiger partial charge is 0.464 e. The van der Waals surface area contributed by atoms with Gasteiger partial charge in [0, 0.05) is 11.1 Å². The van der Waals surface area contributed by atoms with E-state index in [0.29, 0.717) is 6.29 Å². The minimum atomic E-state index is -1.87. The van der Waals surface area contributed by atoms with E-state index >= 15 is 0 Å². The van der Waals surface area contributed by atoms with Crippen LogP contribution in [0.3, 0.4) is 0 Å². The molecule has 0 radical (unpaired) electrons. The summed E-state index contributed by atoms with van der Waals surface area (Å²) in [5.41, 5.74) is -0.185. The fraction of sp³-hybridized carbons (Fsp3) is 0.333. The molecular weight excluding hydrogens is 243 g/mol. The molecule has 0 amide bonds. The molecule has 2 N–H and O–H groups in total. The Hall–Kier alpha value is -1.79. The van der Waals surface area contributed by atoms with Crippen molar-refractivity contribution in [3.63, 3.8) is 0 Å². The number of carbonyl (C=O) groups excluding carboxylic acids is 2. The van der Waals surface area contributed by atoms with Crippen LogP contribution in [0.2, 0.25) is 0 Å². The van der Waals surface area contributed by atoms with Crippen molar-refractivity contribution in [2.45, 2.75) is 19.1 Å². The van der Waals surface area contributed by atoms with E-state index in [1.165, 1.54) is 13.0 Å². The van der Waals surface area contributed by atoms with Crippen LogP contribution < -0.4 is 0 Å². The van der Waals surface area contributed by atoms with Crippen molar-refractivity contribution in [2.24, 2.45) is 0 Å². The predicted octanol–water partition coefficient (Wildman–Crippen LogP) is 0.596. The van der Waals surface area contributed by atoms with E-state index in [4.69, 9.17) is 0 Å². The third kappa shape index (κ3) is 3.12. The summed E-state index contributed by atoms with van der Waals surface area (Å²) in [4.78, 5) is 21.6. The fourth-order valence-electron chi connectivity index (χ4n) is 1.38. The first-order chi connectivity index (χ1) is 8.51. The van der Waals surface area contributed by atoms with Gasteiger partial charge in [-0.2, -0.15) is 0 Å². The Morgan fingerprint density at radius 1 is 1.50 bits per heavy atom. The molecule has 0 spiro atoms. The second-order valence-corrected chi connectivity index (χ2v) is 3.54. The molecule has 0 aliphatic heterocycles. The highest BCUT2D eigenvalue weighted by Crippen LogP contribution is 2.21. The lowest BCUT2D eigenvalue weighted by Gasteiger charge is -2.17. The Balaban J connectivity index is 2.92. The van der Waals surface area contributed by atoms with E-state index in [0.717, 1.165) is 12.1 Å². The van der Waals surface area contributed by atoms with Crippen LogP contribution in [0, 0.1) is 5.82 Å². The first-order valence-electron chi connectivity index (χ1n) is 5.28. The Labute approximate surface area is 103 Å². The Morgan fingerprint density at radius 2 is 2.17 bits per heavy atom. The summed E-state index contributed by atoms with van der Waals surface area (Å²) in [6.07, 6.45) is -3.17. The lowest BCUT2D eigenvalue weighted by atomic mass is 10.0. The zero-order valence-corrected chi connectivity index (χ0v) is 9.67. The molecule has 1 aromatic carbocycles. The first kappa shape index (κ1) is 14.3. The SMILES string of the molecule is CCOC(=O)C(O)C(O)c1ccc(C=O)cc1F. The number of aldehydes is 1. The van der Waals surface area contributed by atoms with E-state index in [9.17, 15) is 24.2 Å². The summed E-state index contributed by atoms with van der Waals surface area (Å²) in [5, 5.41) is 19.1. The molecule has 98 valence electrons. The first-order valence-corrected chi connectivity index (χ1v) is 5.28. The zero-order chi connectivity index (χ0) is 13.7. The summed E-state index contributed by atoms with van der Waals surface area (Å²) >= 11 is 0. The van der Waals surface area contributed by atoms with Crippen molar-refractivity contribution >= 4 is 12.3 Å². The molecule has 6 heteroatoms. The van der Waals surface area contributed by atoms with Crippen LogP contribution in [0.1, 0.15) is 28.9 Å². The van der Waals surface area contributed by atoms with Crippen molar-refractivity contribution in [1.29, 1.82) is 0 Å². The molecule has 0 bridgehead atoms. The fourth-order valence-corrected chi connectivity index (χ4v) is 1.38. The van der Waals surface area contributed by atoms with Crippen LogP contribution in [-0.2, 0) is 9.53 Å². The Kier molecular flexibility index (Phi) is 4.94. The maximum Gasteiger partial charge on any atom is 0.338 e. The van der Waals surface area contributed by atoms with Crippen LogP contribution in [0.25, 0.3) is 0 Å². The minimum absolute atomic E-state index is 0.0369. The third-order valence-electron chi connectivity index (χ3n) is 2.31. The molecule has 1 aromatic rings. The number of hydrogen-bond acceptors (Lipinski definition) is 5. The number of rotatable bonds is 5. The predicted molar refractivity (Wildman–Crippen MR) is 59.4 cm³/mol. The van der Waals surface area contributed by atoms with Gasteiger partial charge in [0.1, 0.15) is 18.2 Å². The van der Waals surface area contributed by atoms with Gasteiger partial charge in [-0.1, -0.05) is 12.1 Å². The maximum absolute atomic E-state index is 13.5. The molecule has 5 nitrogen and oxygen atoms in total. The molecule has 0 aliphatic carbocycles. The second kappa shape index (κ2) is 6.23. The summed E-state index contributed by atoms with van der Waals surface area (Å²) < 4.78 is 18.0. The quantitative estimate of drug-likeness (QED) is 0.595. The van der Waals surface area contributed by atoms with Gasteiger partial charge < -0.3 is 14.9 Å². The number of aliphatic hydroxyl groups excluding tert-OH is 2. The van der Waals surface area contributed by atoms with Gasteiger partial charge in [0.05, 0.1) is 6.61 Å². The van der Waals surface area contributed by atoms with Crippen LogP contribution >= 0.6 is 0 Å². The maximum atomic E-state index is 13.5. The van der Waals surface area contributed by atoms with Crippen molar-refractivity contribution in [3.05, 3.63) is 35.1 Å². The van der Waals surface area contributed by atoms with Crippen LogP contribution in [0.5, 0.6) is 0 Å². The van der Waals surface area contributed by atoms with E-state index in [-0.39, 0.29) is 17.7 Å². The van der Waals surface area contributed by atoms with Crippen molar-refractivity contribution < 1.29 is 28.9 Å². The third-order valence-corrected chi connectivity index (χ3v) is 2.31.